The summed E-state index contributed by atoms with van der Waals surface area (Å²) in [5.74, 6) is 7.51. The molecule has 0 bridgehead atoms. The van der Waals surface area contributed by atoms with Gasteiger partial charge in [0.05, 0.1) is 5.69 Å². The van der Waals surface area contributed by atoms with E-state index in [9.17, 15) is 0 Å². The van der Waals surface area contributed by atoms with Crippen molar-refractivity contribution in [2.45, 2.75) is 42.9 Å². The number of hydrogen-bond donors (Lipinski definition) is 2. The number of oxazole rings is 1. The molecule has 1 fully saturated rings. The Morgan fingerprint density at radius 2 is 2.11 bits per heavy atom. The lowest BCUT2D eigenvalue weighted by Crippen LogP contribution is -2.13. The normalized spacial score (nSPS) is 14.7. The lowest BCUT2D eigenvalue weighted by atomic mass is 10.3. The predicted molar refractivity (Wildman–Crippen MR) is 71.9 cm³/mol. The van der Waals surface area contributed by atoms with E-state index in [1.165, 1.54) is 11.8 Å². The van der Waals surface area contributed by atoms with Gasteiger partial charge in [0.2, 0.25) is 0 Å². The van der Waals surface area contributed by atoms with Gasteiger partial charge in [-0.2, -0.15) is 0 Å². The van der Waals surface area contributed by atoms with Crippen LogP contribution in [0.15, 0.2) is 20.9 Å². The number of aryl methyl sites for hydroxylation is 1. The van der Waals surface area contributed by atoms with E-state index in [0.717, 1.165) is 34.9 Å². The Bertz CT molecular complexity index is 608. The van der Waals surface area contributed by atoms with E-state index >= 15 is 0 Å². The lowest BCUT2D eigenvalue weighted by Gasteiger charge is -2.10. The molecule has 0 aromatic carbocycles. The highest BCUT2D eigenvalue weighted by atomic mass is 32.2. The zero-order valence-electron chi connectivity index (χ0n) is 10.8. The summed E-state index contributed by atoms with van der Waals surface area (Å²) in [5.41, 5.74) is 4.40. The van der Waals surface area contributed by atoms with Gasteiger partial charge >= 0.3 is 0 Å². The molecule has 0 saturated heterocycles. The van der Waals surface area contributed by atoms with Gasteiger partial charge in [0.15, 0.2) is 0 Å². The number of nitrogens with one attached hydrogen (secondary N) is 1. The number of nitrogen functional groups attached to an aromatic ring is 1. The van der Waals surface area contributed by atoms with Crippen molar-refractivity contribution in [2.24, 2.45) is 5.84 Å². The molecule has 2 aromatic heterocycles. The van der Waals surface area contributed by atoms with Gasteiger partial charge in [-0.3, -0.25) is 0 Å². The Kier molecular flexibility index (Phi) is 3.16. The fourth-order valence-corrected chi connectivity index (χ4v) is 2.58. The van der Waals surface area contributed by atoms with Gasteiger partial charge in [0, 0.05) is 11.5 Å². The van der Waals surface area contributed by atoms with Crippen molar-refractivity contribution in [2.75, 3.05) is 5.43 Å². The van der Waals surface area contributed by atoms with Crippen molar-refractivity contribution in [1.29, 1.82) is 0 Å². The van der Waals surface area contributed by atoms with Crippen molar-refractivity contribution >= 4 is 17.6 Å². The van der Waals surface area contributed by atoms with E-state index in [1.807, 2.05) is 13.8 Å². The molecular weight excluding hydrogens is 262 g/mol. The predicted octanol–water partition coefficient (Wildman–Crippen LogP) is 2.40. The first-order valence-electron chi connectivity index (χ1n) is 6.12. The zero-order valence-corrected chi connectivity index (χ0v) is 11.6. The Labute approximate surface area is 115 Å². The monoisotopic (exact) mass is 277 g/mol. The average molecular weight is 277 g/mol. The van der Waals surface area contributed by atoms with E-state index in [2.05, 4.69) is 20.4 Å². The first-order valence-corrected chi connectivity index (χ1v) is 6.94. The van der Waals surface area contributed by atoms with Crippen LogP contribution in [0, 0.1) is 13.8 Å². The number of nitrogens with two attached hydrogens (primary N) is 1. The second-order valence-electron chi connectivity index (χ2n) is 4.64. The number of anilines is 1. The average Bonchev–Trinajstić information content (AvgIpc) is 3.16. The first kappa shape index (κ1) is 12.4. The fraction of sp³-hybridized carbons (Fsp3) is 0.417. The molecule has 0 atom stereocenters. The molecule has 0 amide bonds. The van der Waals surface area contributed by atoms with Crippen LogP contribution in [0.4, 0.5) is 5.82 Å². The Morgan fingerprint density at radius 1 is 1.32 bits per heavy atom. The zero-order chi connectivity index (χ0) is 13.4. The molecule has 2 heterocycles. The number of rotatable bonds is 4. The van der Waals surface area contributed by atoms with E-state index in [-0.39, 0.29) is 0 Å². The van der Waals surface area contributed by atoms with E-state index in [1.54, 1.807) is 6.26 Å². The van der Waals surface area contributed by atoms with Crippen LogP contribution in [0.25, 0.3) is 0 Å². The van der Waals surface area contributed by atoms with Crippen molar-refractivity contribution in [3.05, 3.63) is 23.3 Å². The van der Waals surface area contributed by atoms with Gasteiger partial charge in [0.1, 0.15) is 22.9 Å². The Morgan fingerprint density at radius 3 is 2.68 bits per heavy atom. The summed E-state index contributed by atoms with van der Waals surface area (Å²) in [7, 11) is 0. The molecule has 1 saturated carbocycles. The molecule has 7 heteroatoms. The number of aromatic nitrogens is 3. The molecule has 1 aliphatic carbocycles. The molecule has 3 N–H and O–H groups in total. The Balaban J connectivity index is 1.96. The topological polar surface area (TPSA) is 89.9 Å². The van der Waals surface area contributed by atoms with E-state index in [0.29, 0.717) is 17.0 Å². The summed E-state index contributed by atoms with van der Waals surface area (Å²) in [5, 5.41) is 1.43. The van der Waals surface area contributed by atoms with Crippen LogP contribution >= 0.6 is 11.8 Å². The molecule has 100 valence electrons. The van der Waals surface area contributed by atoms with Crippen molar-refractivity contribution in [3.8, 4) is 0 Å². The second kappa shape index (κ2) is 4.82. The van der Waals surface area contributed by atoms with E-state index < -0.39 is 0 Å². The Hall–Kier alpha value is -1.60. The van der Waals surface area contributed by atoms with Crippen molar-refractivity contribution in [3.63, 3.8) is 0 Å². The highest BCUT2D eigenvalue weighted by molar-refractivity contribution is 7.99. The molecule has 19 heavy (non-hydrogen) atoms. The maximum absolute atomic E-state index is 5.52. The third-order valence-corrected chi connectivity index (χ3v) is 3.93. The molecule has 0 unspecified atom stereocenters. The molecule has 0 spiro atoms. The third kappa shape index (κ3) is 2.57. The summed E-state index contributed by atoms with van der Waals surface area (Å²) in [4.78, 5) is 13.3. The van der Waals surface area contributed by atoms with Gasteiger partial charge in [-0.15, -0.1) is 0 Å². The maximum atomic E-state index is 5.52. The second-order valence-corrected chi connectivity index (χ2v) is 5.58. The quantitative estimate of drug-likeness (QED) is 0.504. The summed E-state index contributed by atoms with van der Waals surface area (Å²) < 4.78 is 5.35. The molecule has 3 rings (SSSR count). The minimum absolute atomic E-state index is 0.471. The molecule has 0 aliphatic heterocycles. The third-order valence-electron chi connectivity index (χ3n) is 2.98. The smallest absolute Gasteiger partial charge is 0.262 e. The minimum Gasteiger partial charge on any atom is -0.439 e. The van der Waals surface area contributed by atoms with Crippen LogP contribution in [0.3, 0.4) is 0 Å². The molecule has 0 radical (unpaired) electrons. The maximum Gasteiger partial charge on any atom is 0.262 e. The largest absolute Gasteiger partial charge is 0.439 e. The molecule has 2 aromatic rings. The van der Waals surface area contributed by atoms with Gasteiger partial charge < -0.3 is 9.84 Å². The van der Waals surface area contributed by atoms with Crippen LogP contribution in [0.2, 0.25) is 0 Å². The van der Waals surface area contributed by atoms with Crippen molar-refractivity contribution in [1.82, 2.24) is 15.0 Å². The van der Waals surface area contributed by atoms with E-state index in [4.69, 9.17) is 10.3 Å². The minimum atomic E-state index is 0.471. The highest BCUT2D eigenvalue weighted by Gasteiger charge is 2.28. The van der Waals surface area contributed by atoms with Crippen LogP contribution < -0.4 is 11.3 Å². The summed E-state index contributed by atoms with van der Waals surface area (Å²) in [6, 6.07) is 0. The van der Waals surface area contributed by atoms with Gasteiger partial charge in [-0.1, -0.05) is 0 Å². The fourth-order valence-electron chi connectivity index (χ4n) is 1.74. The number of nitrogens with zero attached hydrogens (tertiary/aromatic N) is 3. The first-order chi connectivity index (χ1) is 9.17. The molecule has 1 aliphatic rings. The lowest BCUT2D eigenvalue weighted by molar-refractivity contribution is 0.453. The van der Waals surface area contributed by atoms with Crippen molar-refractivity contribution < 1.29 is 4.42 Å². The highest BCUT2D eigenvalue weighted by Crippen LogP contribution is 2.40. The van der Waals surface area contributed by atoms with Gasteiger partial charge in [0.25, 0.3) is 5.22 Å². The number of hydrogen-bond acceptors (Lipinski definition) is 7. The summed E-state index contributed by atoms with van der Waals surface area (Å²) >= 11 is 1.40. The molecular formula is C12H15N5OS. The van der Waals surface area contributed by atoms with Gasteiger partial charge in [-0.25, -0.2) is 20.8 Å². The summed E-state index contributed by atoms with van der Waals surface area (Å²) in [6.07, 6.45) is 3.92. The van der Waals surface area contributed by atoms with Crippen LogP contribution in [-0.2, 0) is 0 Å². The van der Waals surface area contributed by atoms with Gasteiger partial charge in [-0.05, 0) is 38.5 Å². The van der Waals surface area contributed by atoms with Crippen LogP contribution in [0.1, 0.15) is 35.8 Å². The van der Waals surface area contributed by atoms with Crippen LogP contribution in [-0.4, -0.2) is 15.0 Å². The van der Waals surface area contributed by atoms with Crippen LogP contribution in [0.5, 0.6) is 0 Å². The SMILES string of the molecule is Cc1coc(Sc2nc(C3CC3)nc(NN)c2C)n1. The molecule has 6 nitrogen and oxygen atoms in total. The standard InChI is InChI=1S/C12H15N5OS/c1-6-5-18-12(14-6)19-11-7(2)9(17-13)15-10(16-11)8-3-4-8/h5,8H,3-4,13H2,1-2H3,(H,15,16,17). The number of hydrazine groups is 1. The summed E-state index contributed by atoms with van der Waals surface area (Å²) in [6.45, 7) is 3.83.